The van der Waals surface area contributed by atoms with Gasteiger partial charge in [-0.15, -0.1) is 0 Å². The van der Waals surface area contributed by atoms with Crippen molar-refractivity contribution in [2.45, 2.75) is 58.7 Å². The number of nitrogens with zero attached hydrogens (tertiary/aromatic N) is 1. The quantitative estimate of drug-likeness (QED) is 0.264. The molecule has 3 atom stereocenters. The second-order valence-electron chi connectivity index (χ2n) is 4.60. The van der Waals surface area contributed by atoms with Crippen molar-refractivity contribution < 1.29 is 44.7 Å². The molecule has 0 fully saturated rings. The van der Waals surface area contributed by atoms with E-state index >= 15 is 0 Å². The Kier molecular flexibility index (Phi) is 13.0. The number of hydrogen-bond acceptors (Lipinski definition) is 8. The third-order valence-electron chi connectivity index (χ3n) is 2.42. The number of carboxylic acids is 2. The van der Waals surface area contributed by atoms with Crippen molar-refractivity contribution in [1.29, 1.82) is 0 Å². The van der Waals surface area contributed by atoms with Gasteiger partial charge in [-0.2, -0.15) is 0 Å². The van der Waals surface area contributed by atoms with Gasteiger partial charge in [-0.05, 0) is 20.8 Å². The molecule has 23 heavy (non-hydrogen) atoms. The van der Waals surface area contributed by atoms with E-state index in [1.807, 2.05) is 0 Å². The fourth-order valence-corrected chi connectivity index (χ4v) is 1.47. The molecule has 0 aliphatic carbocycles. The van der Waals surface area contributed by atoms with Gasteiger partial charge in [0.1, 0.15) is 25.3 Å². The molecule has 0 amide bonds. The molecular weight excluding hydrogens is 314 g/mol. The second kappa shape index (κ2) is 12.8. The first-order chi connectivity index (χ1) is 10.5. The highest BCUT2D eigenvalue weighted by molar-refractivity contribution is 5.76. The number of carbonyl (C=O) groups is 3. The predicted molar refractivity (Wildman–Crippen MR) is 77.0 cm³/mol. The molecule has 5 N–H and O–H groups in total. The summed E-state index contributed by atoms with van der Waals surface area (Å²) in [6, 6.07) is 0. The number of esters is 1. The van der Waals surface area contributed by atoms with Crippen LogP contribution in [-0.2, 0) is 19.1 Å². The van der Waals surface area contributed by atoms with Gasteiger partial charge in [0.05, 0.1) is 19.3 Å². The number of aliphatic hydroxyl groups is 3. The van der Waals surface area contributed by atoms with Crippen molar-refractivity contribution in [3.05, 3.63) is 0 Å². The van der Waals surface area contributed by atoms with Gasteiger partial charge in [-0.3, -0.25) is 14.4 Å². The van der Waals surface area contributed by atoms with Crippen LogP contribution in [0.15, 0.2) is 0 Å². The molecular formula is C13H25NO9. The van der Waals surface area contributed by atoms with Gasteiger partial charge >= 0.3 is 17.9 Å². The Balaban J connectivity index is 0. The number of aliphatic carboxylic acids is 2. The molecule has 0 spiro atoms. The second-order valence-corrected chi connectivity index (χ2v) is 4.60. The van der Waals surface area contributed by atoms with Gasteiger partial charge in [0.15, 0.2) is 0 Å². The van der Waals surface area contributed by atoms with Gasteiger partial charge < -0.3 is 30.3 Å². The van der Waals surface area contributed by atoms with Gasteiger partial charge in [0.2, 0.25) is 0 Å². The molecule has 0 saturated carbocycles. The van der Waals surface area contributed by atoms with Crippen LogP contribution >= 0.6 is 0 Å². The third kappa shape index (κ3) is 14.9. The van der Waals surface area contributed by atoms with Crippen LogP contribution < -0.4 is 0 Å². The topological polar surface area (TPSA) is 165 Å². The minimum Gasteiger partial charge on any atom is -0.481 e. The number of rotatable bonds is 9. The Hall–Kier alpha value is -1.75. The summed E-state index contributed by atoms with van der Waals surface area (Å²) in [5.74, 6) is -2.84. The lowest BCUT2D eigenvalue weighted by Crippen LogP contribution is -2.45. The standard InChI is InChI=1S/C7H10O6.C6H15NO3/c8-5(9)1-2-7(12)13-4-3-6(10)11;1-4(8)7(5(2)9)6(3)10/h1-4H2,(H,8,9)(H,10,11);4-6,8-10H,1-3H3. The Morgan fingerprint density at radius 1 is 0.826 bits per heavy atom. The van der Waals surface area contributed by atoms with Crippen LogP contribution in [0.25, 0.3) is 0 Å². The van der Waals surface area contributed by atoms with E-state index in [1.165, 1.54) is 25.7 Å². The molecule has 0 rings (SSSR count). The average molecular weight is 339 g/mol. The smallest absolute Gasteiger partial charge is 0.306 e. The number of carboxylic acid groups (broad SMARTS) is 2. The van der Waals surface area contributed by atoms with E-state index in [0.717, 1.165) is 0 Å². The maximum Gasteiger partial charge on any atom is 0.306 e. The van der Waals surface area contributed by atoms with Crippen LogP contribution in [0.5, 0.6) is 0 Å². The molecule has 0 aromatic carbocycles. The maximum atomic E-state index is 10.7. The third-order valence-corrected chi connectivity index (χ3v) is 2.42. The first-order valence-corrected chi connectivity index (χ1v) is 6.89. The summed E-state index contributed by atoms with van der Waals surface area (Å²) < 4.78 is 4.42. The molecule has 0 bridgehead atoms. The summed E-state index contributed by atoms with van der Waals surface area (Å²) in [5.41, 5.74) is 0. The fourth-order valence-electron chi connectivity index (χ4n) is 1.47. The van der Waals surface area contributed by atoms with Crippen molar-refractivity contribution in [2.24, 2.45) is 0 Å². The Morgan fingerprint density at radius 2 is 1.22 bits per heavy atom. The zero-order valence-electron chi connectivity index (χ0n) is 13.4. The van der Waals surface area contributed by atoms with E-state index < -0.39 is 36.6 Å². The molecule has 0 aromatic heterocycles. The van der Waals surface area contributed by atoms with E-state index in [9.17, 15) is 14.4 Å². The van der Waals surface area contributed by atoms with Crippen LogP contribution in [0.2, 0.25) is 0 Å². The highest BCUT2D eigenvalue weighted by atomic mass is 16.5. The molecule has 0 aliphatic heterocycles. The normalized spacial score (nSPS) is 14.2. The summed E-state index contributed by atoms with van der Waals surface area (Å²) in [6.45, 7) is 4.24. The van der Waals surface area contributed by atoms with Crippen LogP contribution in [0, 0.1) is 0 Å². The molecule has 0 heterocycles. The SMILES string of the molecule is CC(O)N(C(C)O)C(C)O.O=C(O)CCOC(=O)CCC(=O)O. The predicted octanol–water partition coefficient (Wildman–Crippen LogP) is -0.828. The zero-order valence-corrected chi connectivity index (χ0v) is 13.4. The number of ether oxygens (including phenoxy) is 1. The molecule has 10 nitrogen and oxygen atoms in total. The lowest BCUT2D eigenvalue weighted by atomic mass is 10.3. The number of carbonyl (C=O) groups excluding carboxylic acids is 1. The Morgan fingerprint density at radius 3 is 1.48 bits per heavy atom. The molecule has 0 aromatic rings. The van der Waals surface area contributed by atoms with Crippen LogP contribution in [0.3, 0.4) is 0 Å². The summed E-state index contributed by atoms with van der Waals surface area (Å²) >= 11 is 0. The maximum absolute atomic E-state index is 10.7. The van der Waals surface area contributed by atoms with E-state index in [2.05, 4.69) is 4.74 Å². The Bertz CT molecular complexity index is 349. The highest BCUT2D eigenvalue weighted by Crippen LogP contribution is 2.04. The van der Waals surface area contributed by atoms with E-state index in [1.54, 1.807) is 0 Å². The first-order valence-electron chi connectivity index (χ1n) is 6.89. The highest BCUT2D eigenvalue weighted by Gasteiger charge is 2.20. The van der Waals surface area contributed by atoms with E-state index in [0.29, 0.717) is 0 Å². The summed E-state index contributed by atoms with van der Waals surface area (Å²) in [6.07, 6.45) is -3.29. The molecule has 0 aliphatic rings. The molecule has 0 radical (unpaired) electrons. The lowest BCUT2D eigenvalue weighted by Gasteiger charge is -2.30. The van der Waals surface area contributed by atoms with Crippen molar-refractivity contribution in [3.8, 4) is 0 Å². The molecule has 10 heteroatoms. The summed E-state index contributed by atoms with van der Waals surface area (Å²) in [4.78, 5) is 31.8. The minimum atomic E-state index is -1.09. The monoisotopic (exact) mass is 339 g/mol. The van der Waals surface area contributed by atoms with Crippen molar-refractivity contribution in [2.75, 3.05) is 6.61 Å². The van der Waals surface area contributed by atoms with Crippen LogP contribution in [-0.4, -0.2) is 73.6 Å². The fraction of sp³-hybridized carbons (Fsp3) is 0.769. The van der Waals surface area contributed by atoms with Gasteiger partial charge in [0.25, 0.3) is 0 Å². The largest absolute Gasteiger partial charge is 0.481 e. The Labute approximate surface area is 133 Å². The minimum absolute atomic E-state index is 0.214. The summed E-state index contributed by atoms with van der Waals surface area (Å²) in [7, 11) is 0. The van der Waals surface area contributed by atoms with Crippen molar-refractivity contribution >= 4 is 17.9 Å². The van der Waals surface area contributed by atoms with E-state index in [-0.39, 0.29) is 25.9 Å². The van der Waals surface area contributed by atoms with Crippen molar-refractivity contribution in [3.63, 3.8) is 0 Å². The van der Waals surface area contributed by atoms with Gasteiger partial charge in [-0.25, -0.2) is 4.90 Å². The lowest BCUT2D eigenvalue weighted by molar-refractivity contribution is -0.159. The molecule has 3 unspecified atom stereocenters. The number of hydrogen-bond donors (Lipinski definition) is 5. The molecule has 136 valence electrons. The van der Waals surface area contributed by atoms with Crippen molar-refractivity contribution in [1.82, 2.24) is 4.90 Å². The average Bonchev–Trinajstić information content (AvgIpc) is 2.34. The van der Waals surface area contributed by atoms with Crippen LogP contribution in [0.4, 0.5) is 0 Å². The first kappa shape index (κ1) is 23.5. The summed E-state index contributed by atoms with van der Waals surface area (Å²) in [5, 5.41) is 43.2. The number of aliphatic hydroxyl groups excluding tert-OH is 3. The molecule has 0 saturated heterocycles. The zero-order chi connectivity index (χ0) is 18.6. The van der Waals surface area contributed by atoms with Crippen LogP contribution in [0.1, 0.15) is 40.0 Å². The van der Waals surface area contributed by atoms with Gasteiger partial charge in [-0.1, -0.05) is 0 Å². The van der Waals surface area contributed by atoms with Gasteiger partial charge in [0, 0.05) is 0 Å². The van der Waals surface area contributed by atoms with E-state index in [4.69, 9.17) is 25.5 Å².